The molecule has 3 aromatic rings. The molecule has 0 heterocycles. The molecule has 0 aromatic heterocycles. The summed E-state index contributed by atoms with van der Waals surface area (Å²) in [4.78, 5) is 10.7. The zero-order chi connectivity index (χ0) is 24.7. The van der Waals surface area contributed by atoms with Crippen molar-refractivity contribution in [3.05, 3.63) is 66.7 Å². The van der Waals surface area contributed by atoms with E-state index in [1.165, 1.54) is 12.1 Å². The Kier molecular flexibility index (Phi) is 7.98. The second kappa shape index (κ2) is 10.9. The van der Waals surface area contributed by atoms with Gasteiger partial charge in [-0.05, 0) is 43.5 Å². The van der Waals surface area contributed by atoms with Gasteiger partial charge in [0.1, 0.15) is 27.8 Å². The van der Waals surface area contributed by atoms with Crippen LogP contribution in [-0.2, 0) is 14.9 Å². The zero-order valence-electron chi connectivity index (χ0n) is 18.6. The van der Waals surface area contributed by atoms with Gasteiger partial charge in [-0.15, -0.1) is 10.2 Å². The Hall–Kier alpha value is -3.76. The maximum absolute atomic E-state index is 11.7. The number of aromatic hydroxyl groups is 1. The Morgan fingerprint density at radius 1 is 1.12 bits per heavy atom. The van der Waals surface area contributed by atoms with Crippen LogP contribution in [0.25, 0.3) is 10.8 Å². The summed E-state index contributed by atoms with van der Waals surface area (Å²) in [6, 6.07) is 12.7. The molecule has 0 aliphatic carbocycles. The number of hydrogen-bond donors (Lipinski definition) is 3. The van der Waals surface area contributed by atoms with E-state index in [1.54, 1.807) is 30.3 Å². The molecule has 9 nitrogen and oxygen atoms in total. The van der Waals surface area contributed by atoms with Crippen LogP contribution in [0, 0.1) is 6.92 Å². The highest BCUT2D eigenvalue weighted by molar-refractivity contribution is 7.86. The first-order valence-electron chi connectivity index (χ1n) is 10.5. The van der Waals surface area contributed by atoms with E-state index >= 15 is 0 Å². The maximum Gasteiger partial charge on any atom is 0.295 e. The first-order chi connectivity index (χ1) is 16.2. The summed E-state index contributed by atoms with van der Waals surface area (Å²) in [5.74, 6) is -0.169. The molecule has 0 aliphatic rings. The number of benzene rings is 3. The predicted octanol–water partition coefficient (Wildman–Crippen LogP) is 4.98. The van der Waals surface area contributed by atoms with Gasteiger partial charge in [0.25, 0.3) is 10.1 Å². The summed E-state index contributed by atoms with van der Waals surface area (Å²) in [6.07, 6.45) is 2.64. The number of rotatable bonds is 10. The van der Waals surface area contributed by atoms with Crippen molar-refractivity contribution >= 4 is 38.2 Å². The summed E-state index contributed by atoms with van der Waals surface area (Å²) in [6.45, 7) is 6.20. The minimum atomic E-state index is -4.55. The SMILES string of the molecule is C=CC(=O)NCCCCOc1ccc(C)cc1N=Nc1c(O)cc(S(=O)(=O)O)c2ccccc12. The summed E-state index contributed by atoms with van der Waals surface area (Å²) < 4.78 is 38.8. The van der Waals surface area contributed by atoms with Crippen LogP contribution < -0.4 is 10.1 Å². The third-order valence-corrected chi connectivity index (χ3v) is 5.82. The van der Waals surface area contributed by atoms with Gasteiger partial charge in [0, 0.05) is 23.4 Å². The lowest BCUT2D eigenvalue weighted by molar-refractivity contribution is -0.116. The molecule has 0 saturated heterocycles. The number of amides is 1. The lowest BCUT2D eigenvalue weighted by Gasteiger charge is -2.10. The molecule has 0 bridgehead atoms. The van der Waals surface area contributed by atoms with Crippen molar-refractivity contribution in [3.8, 4) is 11.5 Å². The smallest absolute Gasteiger partial charge is 0.295 e. The highest BCUT2D eigenvalue weighted by atomic mass is 32.2. The van der Waals surface area contributed by atoms with Crippen molar-refractivity contribution < 1.29 is 27.6 Å². The van der Waals surface area contributed by atoms with Crippen LogP contribution in [0.5, 0.6) is 11.5 Å². The number of aryl methyl sites for hydroxylation is 1. The topological polar surface area (TPSA) is 138 Å². The van der Waals surface area contributed by atoms with Gasteiger partial charge in [0.05, 0.1) is 6.61 Å². The number of nitrogens with zero attached hydrogens (tertiary/aromatic N) is 2. The highest BCUT2D eigenvalue weighted by Crippen LogP contribution is 2.40. The van der Waals surface area contributed by atoms with Crippen molar-refractivity contribution in [3.63, 3.8) is 0 Å². The van der Waals surface area contributed by atoms with Crippen LogP contribution in [0.15, 0.2) is 76.3 Å². The Labute approximate surface area is 197 Å². The highest BCUT2D eigenvalue weighted by Gasteiger charge is 2.19. The Morgan fingerprint density at radius 3 is 2.56 bits per heavy atom. The predicted molar refractivity (Wildman–Crippen MR) is 129 cm³/mol. The number of carbonyl (C=O) groups excluding carboxylic acids is 1. The fourth-order valence-corrected chi connectivity index (χ4v) is 3.97. The monoisotopic (exact) mass is 483 g/mol. The van der Waals surface area contributed by atoms with Gasteiger partial charge >= 0.3 is 0 Å². The lowest BCUT2D eigenvalue weighted by Crippen LogP contribution is -2.22. The molecule has 0 spiro atoms. The van der Waals surface area contributed by atoms with Crippen molar-refractivity contribution in [1.82, 2.24) is 5.32 Å². The van der Waals surface area contributed by atoms with Gasteiger partial charge in [0.2, 0.25) is 5.91 Å². The van der Waals surface area contributed by atoms with Crippen molar-refractivity contribution in [1.29, 1.82) is 0 Å². The molecule has 34 heavy (non-hydrogen) atoms. The number of phenolic OH excluding ortho intramolecular Hbond substituents is 1. The third kappa shape index (κ3) is 6.18. The van der Waals surface area contributed by atoms with E-state index in [2.05, 4.69) is 22.1 Å². The number of nitrogens with one attached hydrogen (secondary N) is 1. The van der Waals surface area contributed by atoms with E-state index in [4.69, 9.17) is 4.74 Å². The molecule has 3 rings (SSSR count). The average Bonchev–Trinajstić information content (AvgIpc) is 2.80. The van der Waals surface area contributed by atoms with E-state index in [0.29, 0.717) is 36.4 Å². The molecule has 178 valence electrons. The van der Waals surface area contributed by atoms with E-state index in [0.717, 1.165) is 18.1 Å². The Balaban J connectivity index is 1.83. The molecular weight excluding hydrogens is 458 g/mol. The number of azo groups is 1. The average molecular weight is 484 g/mol. The van der Waals surface area contributed by atoms with Gasteiger partial charge in [-0.2, -0.15) is 8.42 Å². The number of fused-ring (bicyclic) bond motifs is 1. The third-order valence-electron chi connectivity index (χ3n) is 4.92. The van der Waals surface area contributed by atoms with E-state index < -0.39 is 20.8 Å². The van der Waals surface area contributed by atoms with Gasteiger partial charge in [-0.1, -0.05) is 36.9 Å². The molecule has 3 N–H and O–H groups in total. The second-order valence-electron chi connectivity index (χ2n) is 7.48. The van der Waals surface area contributed by atoms with E-state index in [1.807, 2.05) is 13.0 Å². The number of unbranched alkanes of at least 4 members (excludes halogenated alkanes) is 1. The molecule has 3 aromatic carbocycles. The van der Waals surface area contributed by atoms with Gasteiger partial charge in [0.15, 0.2) is 0 Å². The minimum absolute atomic E-state index is 0.0633. The van der Waals surface area contributed by atoms with Crippen molar-refractivity contribution in [2.45, 2.75) is 24.7 Å². The first kappa shape index (κ1) is 24.9. The largest absolute Gasteiger partial charge is 0.506 e. The molecule has 0 saturated carbocycles. The van der Waals surface area contributed by atoms with Crippen molar-refractivity contribution in [2.75, 3.05) is 13.2 Å². The van der Waals surface area contributed by atoms with Gasteiger partial charge in [-0.3, -0.25) is 9.35 Å². The summed E-state index contributed by atoms with van der Waals surface area (Å²) in [5, 5.41) is 22.1. The van der Waals surface area contributed by atoms with Crippen LogP contribution in [-0.4, -0.2) is 37.1 Å². The molecule has 10 heteroatoms. The molecular formula is C24H25N3O6S. The Bertz CT molecular complexity index is 1350. The first-order valence-corrected chi connectivity index (χ1v) is 11.9. The fraction of sp³-hybridized carbons (Fsp3) is 0.208. The molecule has 1 amide bonds. The van der Waals surface area contributed by atoms with Gasteiger partial charge < -0.3 is 15.2 Å². The minimum Gasteiger partial charge on any atom is -0.506 e. The van der Waals surface area contributed by atoms with Crippen molar-refractivity contribution in [2.24, 2.45) is 10.2 Å². The molecule has 0 unspecified atom stereocenters. The summed E-state index contributed by atoms with van der Waals surface area (Å²) in [5.41, 5.74) is 1.42. The van der Waals surface area contributed by atoms with Gasteiger partial charge in [-0.25, -0.2) is 0 Å². The standard InChI is InChI=1S/C24H25N3O6S/c1-3-23(29)25-12-6-7-13-33-21-11-10-16(2)14-19(21)26-27-24-18-9-5-4-8-17(18)22(15-20(24)28)34(30,31)32/h3-5,8-11,14-15,28H,1,6-7,12-13H2,2H3,(H,25,29)(H,30,31,32). The van der Waals surface area contributed by atoms with Crippen LogP contribution in [0.3, 0.4) is 0 Å². The molecule has 0 atom stereocenters. The molecule has 0 fully saturated rings. The summed E-state index contributed by atoms with van der Waals surface area (Å²) in [7, 11) is -4.55. The van der Waals surface area contributed by atoms with Crippen LogP contribution in [0.1, 0.15) is 18.4 Å². The quantitative estimate of drug-likeness (QED) is 0.161. The fourth-order valence-electron chi connectivity index (χ4n) is 3.26. The lowest BCUT2D eigenvalue weighted by atomic mass is 10.1. The number of hydrogen-bond acceptors (Lipinski definition) is 7. The maximum atomic E-state index is 11.7. The second-order valence-corrected chi connectivity index (χ2v) is 8.87. The number of ether oxygens (including phenoxy) is 1. The number of phenols is 1. The van der Waals surface area contributed by atoms with E-state index in [9.17, 15) is 22.9 Å². The number of carbonyl (C=O) groups is 1. The van der Waals surface area contributed by atoms with Crippen LogP contribution in [0.4, 0.5) is 11.4 Å². The normalized spacial score (nSPS) is 11.6. The molecule has 0 radical (unpaired) electrons. The summed E-state index contributed by atoms with van der Waals surface area (Å²) >= 11 is 0. The molecule has 0 aliphatic heterocycles. The Morgan fingerprint density at radius 2 is 1.85 bits per heavy atom. The van der Waals surface area contributed by atoms with Crippen LogP contribution >= 0.6 is 0 Å². The zero-order valence-corrected chi connectivity index (χ0v) is 19.4. The van der Waals surface area contributed by atoms with E-state index in [-0.39, 0.29) is 17.0 Å². The van der Waals surface area contributed by atoms with Crippen LogP contribution in [0.2, 0.25) is 0 Å².